The number of nitrogens with one attached hydrogen (secondary N) is 2. The summed E-state index contributed by atoms with van der Waals surface area (Å²) < 4.78 is 0. The van der Waals surface area contributed by atoms with Crippen molar-refractivity contribution < 1.29 is 0 Å². The van der Waals surface area contributed by atoms with Gasteiger partial charge in [0.25, 0.3) is 0 Å². The molecule has 0 aliphatic rings. The third-order valence-electron chi connectivity index (χ3n) is 3.69. The number of benzene rings is 3. The quantitative estimate of drug-likeness (QED) is 0.674. The molecular formula is C19H18N2S. The van der Waals surface area contributed by atoms with E-state index in [0.29, 0.717) is 5.11 Å². The summed E-state index contributed by atoms with van der Waals surface area (Å²) in [6.45, 7) is 2.10. The van der Waals surface area contributed by atoms with Crippen molar-refractivity contribution in [2.24, 2.45) is 0 Å². The van der Waals surface area contributed by atoms with Gasteiger partial charge < -0.3 is 10.6 Å². The van der Waals surface area contributed by atoms with Gasteiger partial charge in [-0.25, -0.2) is 0 Å². The first kappa shape index (κ1) is 14.5. The summed E-state index contributed by atoms with van der Waals surface area (Å²) in [5, 5.41) is 9.64. The third kappa shape index (κ3) is 3.26. The van der Waals surface area contributed by atoms with Crippen LogP contribution in [-0.2, 0) is 0 Å². The van der Waals surface area contributed by atoms with Crippen LogP contribution in [-0.4, -0.2) is 5.11 Å². The van der Waals surface area contributed by atoms with Crippen LogP contribution in [0.25, 0.3) is 10.8 Å². The van der Waals surface area contributed by atoms with E-state index in [0.717, 1.165) is 5.69 Å². The predicted octanol–water partition coefficient (Wildman–Crippen LogP) is 4.89. The maximum atomic E-state index is 5.45. The fourth-order valence-corrected chi connectivity index (χ4v) is 2.80. The Morgan fingerprint density at radius 1 is 0.864 bits per heavy atom. The fraction of sp³-hybridized carbons (Fsp3) is 0.105. The molecule has 2 N–H and O–H groups in total. The molecule has 110 valence electrons. The monoisotopic (exact) mass is 306 g/mol. The van der Waals surface area contributed by atoms with Crippen LogP contribution in [0.4, 0.5) is 5.69 Å². The molecule has 0 spiro atoms. The van der Waals surface area contributed by atoms with Crippen LogP contribution in [0.3, 0.4) is 0 Å². The molecule has 0 aromatic heterocycles. The van der Waals surface area contributed by atoms with E-state index in [1.807, 2.05) is 42.5 Å². The standard InChI is InChI=1S/C19H18N2S/c1-14(15-8-3-2-4-9-15)20-19(22)21-18-13-7-11-16-10-5-6-12-17(16)18/h2-14H,1H3,(H2,20,21,22). The highest BCUT2D eigenvalue weighted by molar-refractivity contribution is 7.80. The van der Waals surface area contributed by atoms with Gasteiger partial charge in [0, 0.05) is 11.1 Å². The molecule has 0 saturated carbocycles. The lowest BCUT2D eigenvalue weighted by Gasteiger charge is -2.18. The third-order valence-corrected chi connectivity index (χ3v) is 3.90. The van der Waals surface area contributed by atoms with E-state index in [-0.39, 0.29) is 6.04 Å². The molecule has 0 amide bonds. The van der Waals surface area contributed by atoms with Crippen LogP contribution in [0.1, 0.15) is 18.5 Å². The zero-order valence-electron chi connectivity index (χ0n) is 12.4. The van der Waals surface area contributed by atoms with Gasteiger partial charge in [0.1, 0.15) is 0 Å². The van der Waals surface area contributed by atoms with Crippen molar-refractivity contribution >= 4 is 33.8 Å². The van der Waals surface area contributed by atoms with Crippen molar-refractivity contribution in [3.05, 3.63) is 78.4 Å². The highest BCUT2D eigenvalue weighted by Crippen LogP contribution is 2.23. The normalized spacial score (nSPS) is 11.9. The van der Waals surface area contributed by atoms with Gasteiger partial charge in [0.05, 0.1) is 6.04 Å². The average Bonchev–Trinajstić information content (AvgIpc) is 2.56. The van der Waals surface area contributed by atoms with Gasteiger partial charge in [-0.05, 0) is 36.2 Å². The maximum Gasteiger partial charge on any atom is 0.171 e. The average molecular weight is 306 g/mol. The number of hydrogen-bond acceptors (Lipinski definition) is 1. The maximum absolute atomic E-state index is 5.45. The Kier molecular flexibility index (Phi) is 4.35. The molecule has 0 aliphatic heterocycles. The first-order chi connectivity index (χ1) is 10.7. The van der Waals surface area contributed by atoms with Crippen LogP contribution in [0.5, 0.6) is 0 Å². The highest BCUT2D eigenvalue weighted by atomic mass is 32.1. The van der Waals surface area contributed by atoms with E-state index < -0.39 is 0 Å². The Hall–Kier alpha value is -2.39. The molecule has 1 unspecified atom stereocenters. The van der Waals surface area contributed by atoms with Gasteiger partial charge in [-0.15, -0.1) is 0 Å². The van der Waals surface area contributed by atoms with E-state index in [4.69, 9.17) is 12.2 Å². The molecule has 1 atom stereocenters. The van der Waals surface area contributed by atoms with Crippen molar-refractivity contribution in [1.29, 1.82) is 0 Å². The number of rotatable bonds is 3. The summed E-state index contributed by atoms with van der Waals surface area (Å²) in [7, 11) is 0. The van der Waals surface area contributed by atoms with Gasteiger partial charge in [-0.2, -0.15) is 0 Å². The largest absolute Gasteiger partial charge is 0.356 e. The van der Waals surface area contributed by atoms with Gasteiger partial charge in [-0.1, -0.05) is 66.7 Å². The predicted molar refractivity (Wildman–Crippen MR) is 98.2 cm³/mol. The minimum absolute atomic E-state index is 0.163. The molecule has 3 aromatic carbocycles. The van der Waals surface area contributed by atoms with Crippen LogP contribution in [0.2, 0.25) is 0 Å². The Morgan fingerprint density at radius 3 is 2.36 bits per heavy atom. The number of thiocarbonyl (C=S) groups is 1. The van der Waals surface area contributed by atoms with Gasteiger partial charge in [0.2, 0.25) is 0 Å². The van der Waals surface area contributed by atoms with E-state index in [2.05, 4.69) is 47.9 Å². The van der Waals surface area contributed by atoms with Crippen LogP contribution >= 0.6 is 12.2 Å². The highest BCUT2D eigenvalue weighted by Gasteiger charge is 2.07. The van der Waals surface area contributed by atoms with Crippen LogP contribution < -0.4 is 10.6 Å². The molecule has 0 saturated heterocycles. The first-order valence-electron chi connectivity index (χ1n) is 7.34. The zero-order chi connectivity index (χ0) is 15.4. The Labute approximate surface area is 136 Å². The minimum Gasteiger partial charge on any atom is -0.356 e. The lowest BCUT2D eigenvalue weighted by Crippen LogP contribution is -2.30. The molecule has 0 radical (unpaired) electrons. The molecule has 0 fully saturated rings. The second kappa shape index (κ2) is 6.58. The van der Waals surface area contributed by atoms with Crippen molar-refractivity contribution in [1.82, 2.24) is 5.32 Å². The van der Waals surface area contributed by atoms with E-state index in [1.165, 1.54) is 16.3 Å². The molecule has 3 aromatic rings. The molecular weight excluding hydrogens is 288 g/mol. The SMILES string of the molecule is CC(NC(=S)Nc1cccc2ccccc12)c1ccccc1. The smallest absolute Gasteiger partial charge is 0.171 e. The van der Waals surface area contributed by atoms with Gasteiger partial charge in [0.15, 0.2) is 5.11 Å². The fourth-order valence-electron chi connectivity index (χ4n) is 2.51. The topological polar surface area (TPSA) is 24.1 Å². The first-order valence-corrected chi connectivity index (χ1v) is 7.75. The second-order valence-corrected chi connectivity index (χ2v) is 5.67. The molecule has 3 heteroatoms. The summed E-state index contributed by atoms with van der Waals surface area (Å²) >= 11 is 5.45. The summed E-state index contributed by atoms with van der Waals surface area (Å²) in [5.41, 5.74) is 2.24. The summed E-state index contributed by atoms with van der Waals surface area (Å²) in [5.74, 6) is 0. The summed E-state index contributed by atoms with van der Waals surface area (Å²) in [4.78, 5) is 0. The van der Waals surface area contributed by atoms with E-state index in [1.54, 1.807) is 0 Å². The zero-order valence-corrected chi connectivity index (χ0v) is 13.2. The van der Waals surface area contributed by atoms with Crippen LogP contribution in [0.15, 0.2) is 72.8 Å². The number of hydrogen-bond donors (Lipinski definition) is 2. The molecule has 0 heterocycles. The van der Waals surface area contributed by atoms with Crippen molar-refractivity contribution in [2.75, 3.05) is 5.32 Å². The Morgan fingerprint density at radius 2 is 1.55 bits per heavy atom. The van der Waals surface area contributed by atoms with Crippen LogP contribution in [0, 0.1) is 0 Å². The molecule has 0 aliphatic carbocycles. The van der Waals surface area contributed by atoms with Crippen molar-refractivity contribution in [2.45, 2.75) is 13.0 Å². The van der Waals surface area contributed by atoms with Crippen molar-refractivity contribution in [3.63, 3.8) is 0 Å². The van der Waals surface area contributed by atoms with E-state index in [9.17, 15) is 0 Å². The lowest BCUT2D eigenvalue weighted by atomic mass is 10.1. The van der Waals surface area contributed by atoms with Crippen molar-refractivity contribution in [3.8, 4) is 0 Å². The summed E-state index contributed by atoms with van der Waals surface area (Å²) in [6, 6.07) is 24.9. The minimum atomic E-state index is 0.163. The lowest BCUT2D eigenvalue weighted by molar-refractivity contribution is 0.723. The number of fused-ring (bicyclic) bond motifs is 1. The molecule has 0 bridgehead atoms. The summed E-state index contributed by atoms with van der Waals surface area (Å²) in [6.07, 6.45) is 0. The second-order valence-electron chi connectivity index (χ2n) is 5.26. The van der Waals surface area contributed by atoms with Gasteiger partial charge >= 0.3 is 0 Å². The van der Waals surface area contributed by atoms with E-state index >= 15 is 0 Å². The Bertz CT molecular complexity index is 778. The number of anilines is 1. The van der Waals surface area contributed by atoms with Gasteiger partial charge in [-0.3, -0.25) is 0 Å². The Balaban J connectivity index is 1.74. The molecule has 2 nitrogen and oxygen atoms in total. The molecule has 3 rings (SSSR count). The molecule has 22 heavy (non-hydrogen) atoms.